The molecule has 0 saturated carbocycles. The minimum Gasteiger partial charge on any atom is -0.495 e. The number of benzene rings is 1. The van der Waals surface area contributed by atoms with Crippen LogP contribution >= 0.6 is 11.3 Å². The maximum absolute atomic E-state index is 5.93. The van der Waals surface area contributed by atoms with Gasteiger partial charge < -0.3 is 10.5 Å². The molecular formula is C15H13N3OS. The number of pyridine rings is 1. The highest BCUT2D eigenvalue weighted by Gasteiger charge is 2.08. The molecule has 100 valence electrons. The van der Waals surface area contributed by atoms with Crippen molar-refractivity contribution in [1.29, 1.82) is 0 Å². The number of anilines is 1. The van der Waals surface area contributed by atoms with Crippen LogP contribution in [0.3, 0.4) is 0 Å². The lowest BCUT2D eigenvalue weighted by molar-refractivity contribution is 0.417. The molecule has 0 amide bonds. The molecule has 4 nitrogen and oxygen atoms in total. The molecule has 5 heteroatoms. The van der Waals surface area contributed by atoms with Crippen LogP contribution < -0.4 is 10.5 Å². The SMILES string of the molecule is COc1ccc(-c2nc(-c3cccnc3)cs2)cc1N. The van der Waals surface area contributed by atoms with Crippen LogP contribution in [0.2, 0.25) is 0 Å². The van der Waals surface area contributed by atoms with Crippen LogP contribution in [0.15, 0.2) is 48.1 Å². The zero-order valence-corrected chi connectivity index (χ0v) is 11.7. The fourth-order valence-electron chi connectivity index (χ4n) is 1.92. The molecule has 20 heavy (non-hydrogen) atoms. The van der Waals surface area contributed by atoms with Crippen LogP contribution in [-0.2, 0) is 0 Å². The van der Waals surface area contributed by atoms with Crippen molar-refractivity contribution in [2.75, 3.05) is 12.8 Å². The van der Waals surface area contributed by atoms with E-state index in [2.05, 4.69) is 9.97 Å². The minimum absolute atomic E-state index is 0.614. The Morgan fingerprint density at radius 3 is 2.80 bits per heavy atom. The number of ether oxygens (including phenoxy) is 1. The highest BCUT2D eigenvalue weighted by Crippen LogP contribution is 2.32. The summed E-state index contributed by atoms with van der Waals surface area (Å²) in [5, 5.41) is 2.95. The average molecular weight is 283 g/mol. The van der Waals surface area contributed by atoms with Gasteiger partial charge in [-0.25, -0.2) is 4.98 Å². The molecule has 0 aliphatic carbocycles. The number of methoxy groups -OCH3 is 1. The summed E-state index contributed by atoms with van der Waals surface area (Å²) in [4.78, 5) is 8.74. The Morgan fingerprint density at radius 2 is 2.10 bits per heavy atom. The molecule has 0 aliphatic rings. The van der Waals surface area contributed by atoms with Crippen LogP contribution in [0.5, 0.6) is 5.75 Å². The molecule has 0 aliphatic heterocycles. The van der Waals surface area contributed by atoms with E-state index in [4.69, 9.17) is 10.5 Å². The molecule has 2 aromatic heterocycles. The Kier molecular flexibility index (Phi) is 3.35. The first-order valence-corrected chi connectivity index (χ1v) is 6.95. The summed E-state index contributed by atoms with van der Waals surface area (Å²) < 4.78 is 5.16. The van der Waals surface area contributed by atoms with E-state index in [1.54, 1.807) is 30.8 Å². The summed E-state index contributed by atoms with van der Waals surface area (Å²) in [5.41, 5.74) is 9.47. The van der Waals surface area contributed by atoms with Gasteiger partial charge in [0, 0.05) is 28.9 Å². The second-order valence-electron chi connectivity index (χ2n) is 4.24. The lowest BCUT2D eigenvalue weighted by Crippen LogP contribution is -1.92. The van der Waals surface area contributed by atoms with Crippen molar-refractivity contribution >= 4 is 17.0 Å². The van der Waals surface area contributed by atoms with Gasteiger partial charge in [-0.3, -0.25) is 4.98 Å². The first-order chi connectivity index (χ1) is 9.78. The van der Waals surface area contributed by atoms with Crippen molar-refractivity contribution in [1.82, 2.24) is 9.97 Å². The molecule has 3 aromatic rings. The van der Waals surface area contributed by atoms with Crippen molar-refractivity contribution in [3.05, 3.63) is 48.1 Å². The molecule has 3 rings (SSSR count). The first kappa shape index (κ1) is 12.6. The molecular weight excluding hydrogens is 270 g/mol. The summed E-state index contributed by atoms with van der Waals surface area (Å²) >= 11 is 1.58. The van der Waals surface area contributed by atoms with Gasteiger partial charge in [-0.1, -0.05) is 0 Å². The maximum atomic E-state index is 5.93. The van der Waals surface area contributed by atoms with E-state index in [0.29, 0.717) is 11.4 Å². The highest BCUT2D eigenvalue weighted by molar-refractivity contribution is 7.13. The quantitative estimate of drug-likeness (QED) is 0.748. The van der Waals surface area contributed by atoms with E-state index < -0.39 is 0 Å². The minimum atomic E-state index is 0.614. The third-order valence-electron chi connectivity index (χ3n) is 2.94. The Morgan fingerprint density at radius 1 is 1.20 bits per heavy atom. The van der Waals surface area contributed by atoms with Crippen LogP contribution in [0.1, 0.15) is 0 Å². The number of nitrogen functional groups attached to an aromatic ring is 1. The lowest BCUT2D eigenvalue weighted by atomic mass is 10.2. The Labute approximate surface area is 120 Å². The van der Waals surface area contributed by atoms with Crippen molar-refractivity contribution in [2.24, 2.45) is 0 Å². The van der Waals surface area contributed by atoms with Gasteiger partial charge in [-0.15, -0.1) is 11.3 Å². The Bertz CT molecular complexity index is 725. The molecule has 0 unspecified atom stereocenters. The van der Waals surface area contributed by atoms with Crippen LogP contribution in [0.4, 0.5) is 5.69 Å². The predicted octanol–water partition coefficient (Wildman–Crippen LogP) is 3.46. The number of nitrogens with two attached hydrogens (primary N) is 1. The van der Waals surface area contributed by atoms with E-state index in [-0.39, 0.29) is 0 Å². The van der Waals surface area contributed by atoms with Crippen molar-refractivity contribution < 1.29 is 4.74 Å². The predicted molar refractivity (Wildman–Crippen MR) is 81.7 cm³/mol. The molecule has 2 N–H and O–H groups in total. The fraction of sp³-hybridized carbons (Fsp3) is 0.0667. The summed E-state index contributed by atoms with van der Waals surface area (Å²) in [5.74, 6) is 0.679. The molecule has 1 aromatic carbocycles. The van der Waals surface area contributed by atoms with Crippen LogP contribution in [-0.4, -0.2) is 17.1 Å². The number of nitrogens with zero attached hydrogens (tertiary/aromatic N) is 2. The summed E-state index contributed by atoms with van der Waals surface area (Å²) in [6.07, 6.45) is 3.56. The largest absolute Gasteiger partial charge is 0.495 e. The van der Waals surface area contributed by atoms with E-state index in [1.165, 1.54) is 0 Å². The van der Waals surface area contributed by atoms with E-state index >= 15 is 0 Å². The van der Waals surface area contributed by atoms with Gasteiger partial charge in [0.05, 0.1) is 18.5 Å². The zero-order chi connectivity index (χ0) is 13.9. The number of hydrogen-bond acceptors (Lipinski definition) is 5. The third-order valence-corrected chi connectivity index (χ3v) is 3.83. The lowest BCUT2D eigenvalue weighted by Gasteiger charge is -2.05. The smallest absolute Gasteiger partial charge is 0.141 e. The monoisotopic (exact) mass is 283 g/mol. The zero-order valence-electron chi connectivity index (χ0n) is 10.9. The normalized spacial score (nSPS) is 10.4. The molecule has 0 saturated heterocycles. The molecule has 0 radical (unpaired) electrons. The van der Waals surface area contributed by atoms with E-state index in [9.17, 15) is 0 Å². The summed E-state index contributed by atoms with van der Waals surface area (Å²) in [7, 11) is 1.61. The molecule has 0 bridgehead atoms. The van der Waals surface area contributed by atoms with Gasteiger partial charge in [0.2, 0.25) is 0 Å². The fourth-order valence-corrected chi connectivity index (χ4v) is 2.75. The molecule has 0 atom stereocenters. The molecule has 0 spiro atoms. The van der Waals surface area contributed by atoms with Crippen molar-refractivity contribution in [3.8, 4) is 27.6 Å². The van der Waals surface area contributed by atoms with Gasteiger partial charge in [0.15, 0.2) is 0 Å². The number of hydrogen-bond donors (Lipinski definition) is 1. The number of thiazole rings is 1. The van der Waals surface area contributed by atoms with Crippen LogP contribution in [0.25, 0.3) is 21.8 Å². The second kappa shape index (κ2) is 5.30. The Hall–Kier alpha value is -2.40. The van der Waals surface area contributed by atoms with Crippen molar-refractivity contribution in [2.45, 2.75) is 0 Å². The first-order valence-electron chi connectivity index (χ1n) is 6.08. The van der Waals surface area contributed by atoms with Gasteiger partial charge in [0.25, 0.3) is 0 Å². The standard InChI is InChI=1S/C15H13N3OS/c1-19-14-5-4-10(7-12(14)16)15-18-13(9-20-15)11-3-2-6-17-8-11/h2-9H,16H2,1H3. The maximum Gasteiger partial charge on any atom is 0.141 e. The van der Waals surface area contributed by atoms with Gasteiger partial charge >= 0.3 is 0 Å². The summed E-state index contributed by atoms with van der Waals surface area (Å²) in [6.45, 7) is 0. The van der Waals surface area contributed by atoms with E-state index in [1.807, 2.05) is 35.7 Å². The van der Waals surface area contributed by atoms with Crippen molar-refractivity contribution in [3.63, 3.8) is 0 Å². The molecule has 0 fully saturated rings. The number of rotatable bonds is 3. The third kappa shape index (κ3) is 2.35. The highest BCUT2D eigenvalue weighted by atomic mass is 32.1. The topological polar surface area (TPSA) is 61.0 Å². The summed E-state index contributed by atoms with van der Waals surface area (Å²) in [6, 6.07) is 9.59. The number of aromatic nitrogens is 2. The average Bonchev–Trinajstić information content (AvgIpc) is 2.98. The van der Waals surface area contributed by atoms with Crippen LogP contribution in [0, 0.1) is 0 Å². The van der Waals surface area contributed by atoms with Gasteiger partial charge in [-0.05, 0) is 30.3 Å². The van der Waals surface area contributed by atoms with E-state index in [0.717, 1.165) is 21.8 Å². The van der Waals surface area contributed by atoms with Gasteiger partial charge in [0.1, 0.15) is 10.8 Å². The van der Waals surface area contributed by atoms with Gasteiger partial charge in [-0.2, -0.15) is 0 Å². The second-order valence-corrected chi connectivity index (χ2v) is 5.09. The Balaban J connectivity index is 1.96. The molecule has 2 heterocycles.